The predicted octanol–water partition coefficient (Wildman–Crippen LogP) is 1.88. The van der Waals surface area contributed by atoms with Crippen LogP contribution in [-0.4, -0.2) is 48.6 Å². The molecule has 138 valence electrons. The molecule has 1 aromatic carbocycles. The van der Waals surface area contributed by atoms with Crippen molar-refractivity contribution >= 4 is 23.3 Å². The summed E-state index contributed by atoms with van der Waals surface area (Å²) in [4.78, 5) is 25.7. The summed E-state index contributed by atoms with van der Waals surface area (Å²) in [5.41, 5.74) is 0.712. The molecule has 1 unspecified atom stereocenters. The van der Waals surface area contributed by atoms with Gasteiger partial charge in [0.2, 0.25) is 5.91 Å². The highest BCUT2D eigenvalue weighted by Crippen LogP contribution is 2.23. The first kappa shape index (κ1) is 17.1. The lowest BCUT2D eigenvalue weighted by Crippen LogP contribution is -2.39. The average molecular weight is 368 g/mol. The highest BCUT2D eigenvalue weighted by molar-refractivity contribution is 6.07. The van der Waals surface area contributed by atoms with Gasteiger partial charge in [-0.05, 0) is 38.1 Å². The maximum Gasteiger partial charge on any atom is 0.252 e. The molecule has 2 aromatic heterocycles. The van der Waals surface area contributed by atoms with Gasteiger partial charge >= 0.3 is 0 Å². The second kappa shape index (κ2) is 6.42. The van der Waals surface area contributed by atoms with E-state index in [1.807, 2.05) is 0 Å². The molecule has 1 atom stereocenters. The van der Waals surface area contributed by atoms with Crippen molar-refractivity contribution in [1.29, 1.82) is 0 Å². The van der Waals surface area contributed by atoms with Crippen LogP contribution < -0.4 is 5.32 Å². The normalized spacial score (nSPS) is 17.3. The fraction of sp³-hybridized carbons (Fsp3) is 0.278. The molecule has 3 aromatic rings. The largest absolute Gasteiger partial charge is 0.357 e. The number of halogens is 1. The number of nitrogens with one attached hydrogen (secondary N) is 1. The minimum absolute atomic E-state index is 0.0685. The number of carbonyl (C=O) groups is 2. The van der Waals surface area contributed by atoms with Crippen LogP contribution in [0.25, 0.3) is 17.0 Å². The Hall–Kier alpha value is -3.36. The Morgan fingerprint density at radius 1 is 1.15 bits per heavy atom. The van der Waals surface area contributed by atoms with Crippen molar-refractivity contribution in [1.82, 2.24) is 24.7 Å². The van der Waals surface area contributed by atoms with Gasteiger partial charge in [0, 0.05) is 6.04 Å². The van der Waals surface area contributed by atoms with E-state index in [2.05, 4.69) is 20.6 Å². The van der Waals surface area contributed by atoms with Gasteiger partial charge in [0.25, 0.3) is 5.91 Å². The third-order valence-corrected chi connectivity index (χ3v) is 4.40. The van der Waals surface area contributed by atoms with Gasteiger partial charge in [-0.3, -0.25) is 14.5 Å². The maximum absolute atomic E-state index is 14.1. The van der Waals surface area contributed by atoms with E-state index in [4.69, 9.17) is 0 Å². The number of nitrogens with zero attached hydrogens (tertiary/aromatic N) is 5. The third kappa shape index (κ3) is 2.90. The standard InChI is InChI=1S/C18H17FN6O2/c1-10(2)24-16(26)9-13(18(24)27)20-14-7-8-15-21-22-17(25(15)23-14)11-5-3-4-6-12(11)19/h3-8,10,13H,9H2,1-2H3,(H,20,23). The maximum atomic E-state index is 14.1. The van der Waals surface area contributed by atoms with E-state index < -0.39 is 11.9 Å². The van der Waals surface area contributed by atoms with Gasteiger partial charge in [0.1, 0.15) is 17.7 Å². The van der Waals surface area contributed by atoms with Crippen LogP contribution >= 0.6 is 0 Å². The summed E-state index contributed by atoms with van der Waals surface area (Å²) in [5.74, 6) is -0.308. The molecule has 0 spiro atoms. The van der Waals surface area contributed by atoms with Gasteiger partial charge in [0.15, 0.2) is 11.5 Å². The molecule has 27 heavy (non-hydrogen) atoms. The fourth-order valence-electron chi connectivity index (χ4n) is 3.16. The molecular formula is C18H17FN6O2. The van der Waals surface area contributed by atoms with Gasteiger partial charge in [-0.1, -0.05) is 12.1 Å². The summed E-state index contributed by atoms with van der Waals surface area (Å²) in [7, 11) is 0. The topological polar surface area (TPSA) is 92.5 Å². The number of aromatic nitrogens is 4. The number of fused-ring (bicyclic) bond motifs is 1. The smallest absolute Gasteiger partial charge is 0.252 e. The Morgan fingerprint density at radius 2 is 1.93 bits per heavy atom. The molecule has 1 aliphatic rings. The van der Waals surface area contributed by atoms with Gasteiger partial charge in [-0.25, -0.2) is 4.39 Å². The Labute approximate surface area is 154 Å². The van der Waals surface area contributed by atoms with Gasteiger partial charge in [0.05, 0.1) is 12.0 Å². The van der Waals surface area contributed by atoms with Crippen LogP contribution in [0.1, 0.15) is 20.3 Å². The number of hydrogen-bond acceptors (Lipinski definition) is 6. The zero-order valence-corrected chi connectivity index (χ0v) is 14.8. The van der Waals surface area contributed by atoms with Crippen molar-refractivity contribution in [3.05, 3.63) is 42.2 Å². The summed E-state index contributed by atoms with van der Waals surface area (Å²) in [6.07, 6.45) is 0.0685. The van der Waals surface area contributed by atoms with Gasteiger partial charge in [-0.2, -0.15) is 4.52 Å². The summed E-state index contributed by atoms with van der Waals surface area (Å²) in [6.45, 7) is 3.58. The number of carbonyl (C=O) groups excluding carboxylic acids is 2. The molecule has 0 bridgehead atoms. The van der Waals surface area contributed by atoms with Crippen LogP contribution in [0, 0.1) is 5.82 Å². The summed E-state index contributed by atoms with van der Waals surface area (Å²) >= 11 is 0. The highest BCUT2D eigenvalue weighted by Gasteiger charge is 2.40. The van der Waals surface area contributed by atoms with E-state index in [-0.39, 0.29) is 35.7 Å². The van der Waals surface area contributed by atoms with Crippen molar-refractivity contribution in [3.63, 3.8) is 0 Å². The van der Waals surface area contributed by atoms with Crippen LogP contribution in [0.15, 0.2) is 36.4 Å². The molecule has 9 heteroatoms. The van der Waals surface area contributed by atoms with E-state index in [1.54, 1.807) is 44.2 Å². The van der Waals surface area contributed by atoms with Crippen LogP contribution in [0.2, 0.25) is 0 Å². The Kier molecular flexibility index (Phi) is 4.06. The highest BCUT2D eigenvalue weighted by atomic mass is 19.1. The number of rotatable bonds is 4. The quantitative estimate of drug-likeness (QED) is 0.707. The Morgan fingerprint density at radius 3 is 2.63 bits per heavy atom. The second-order valence-electron chi connectivity index (χ2n) is 6.59. The molecular weight excluding hydrogens is 351 g/mol. The molecule has 0 aliphatic carbocycles. The molecule has 2 amide bonds. The van der Waals surface area contributed by atoms with Crippen LogP contribution in [-0.2, 0) is 9.59 Å². The number of likely N-dealkylation sites (tertiary alicyclic amines) is 1. The first-order valence-electron chi connectivity index (χ1n) is 8.55. The van der Waals surface area contributed by atoms with E-state index in [0.717, 1.165) is 0 Å². The van der Waals surface area contributed by atoms with Crippen molar-refractivity contribution in [3.8, 4) is 11.4 Å². The zero-order chi connectivity index (χ0) is 19.1. The van der Waals surface area contributed by atoms with Crippen molar-refractivity contribution in [2.45, 2.75) is 32.4 Å². The Bertz CT molecular complexity index is 1050. The van der Waals surface area contributed by atoms with E-state index in [1.165, 1.54) is 15.5 Å². The average Bonchev–Trinajstić information content (AvgIpc) is 3.16. The van der Waals surface area contributed by atoms with Gasteiger partial charge in [-0.15, -0.1) is 15.3 Å². The number of benzene rings is 1. The SMILES string of the molecule is CC(C)N1C(=O)CC(Nc2ccc3nnc(-c4ccccc4F)n3n2)C1=O. The molecule has 4 rings (SSSR count). The molecule has 0 radical (unpaired) electrons. The lowest BCUT2D eigenvalue weighted by molar-refractivity contribution is -0.140. The molecule has 1 saturated heterocycles. The second-order valence-corrected chi connectivity index (χ2v) is 6.59. The molecule has 8 nitrogen and oxygen atoms in total. The van der Waals surface area contributed by atoms with Crippen molar-refractivity contribution < 1.29 is 14.0 Å². The van der Waals surface area contributed by atoms with Crippen molar-refractivity contribution in [2.24, 2.45) is 0 Å². The first-order chi connectivity index (χ1) is 13.0. The number of amides is 2. The number of imide groups is 1. The molecule has 3 heterocycles. The Balaban J connectivity index is 1.67. The van der Waals surface area contributed by atoms with Crippen LogP contribution in [0.4, 0.5) is 10.2 Å². The lowest BCUT2D eigenvalue weighted by atomic mass is 10.2. The lowest BCUT2D eigenvalue weighted by Gasteiger charge is -2.19. The summed E-state index contributed by atoms with van der Waals surface area (Å²) in [5, 5.41) is 15.4. The number of anilines is 1. The third-order valence-electron chi connectivity index (χ3n) is 4.40. The summed E-state index contributed by atoms with van der Waals surface area (Å²) in [6, 6.07) is 8.64. The minimum Gasteiger partial charge on any atom is -0.357 e. The van der Waals surface area contributed by atoms with Crippen molar-refractivity contribution in [2.75, 3.05) is 5.32 Å². The summed E-state index contributed by atoms with van der Waals surface area (Å²) < 4.78 is 15.5. The minimum atomic E-state index is -0.682. The van der Waals surface area contributed by atoms with Crippen LogP contribution in [0.3, 0.4) is 0 Å². The predicted molar refractivity (Wildman–Crippen MR) is 95.2 cm³/mol. The van der Waals surface area contributed by atoms with E-state index >= 15 is 0 Å². The van der Waals surface area contributed by atoms with E-state index in [0.29, 0.717) is 11.5 Å². The monoisotopic (exact) mass is 368 g/mol. The number of hydrogen-bond donors (Lipinski definition) is 1. The zero-order valence-electron chi connectivity index (χ0n) is 14.8. The molecule has 1 N–H and O–H groups in total. The van der Waals surface area contributed by atoms with Gasteiger partial charge < -0.3 is 5.32 Å². The first-order valence-corrected chi connectivity index (χ1v) is 8.55. The van der Waals surface area contributed by atoms with Crippen LogP contribution in [0.5, 0.6) is 0 Å². The van der Waals surface area contributed by atoms with E-state index in [9.17, 15) is 14.0 Å². The molecule has 0 saturated carbocycles. The fourth-order valence-corrected chi connectivity index (χ4v) is 3.16. The molecule has 1 aliphatic heterocycles. The molecule has 1 fully saturated rings.